The third kappa shape index (κ3) is 3.31. The number of amides is 1. The van der Waals surface area contributed by atoms with Gasteiger partial charge in [-0.1, -0.05) is 19.3 Å². The number of aliphatic hydroxyl groups excluding tert-OH is 1. The van der Waals surface area contributed by atoms with Crippen LogP contribution in [-0.2, 0) is 0 Å². The second kappa shape index (κ2) is 5.83. The van der Waals surface area contributed by atoms with Crippen LogP contribution >= 0.6 is 0 Å². The maximum absolute atomic E-state index is 11.9. The first-order chi connectivity index (χ1) is 9.08. The Morgan fingerprint density at radius 2 is 2.16 bits per heavy atom. The van der Waals surface area contributed by atoms with Crippen LogP contribution in [0.1, 0.15) is 42.6 Å². The summed E-state index contributed by atoms with van der Waals surface area (Å²) in [5.74, 6) is -0.418. The Balaban J connectivity index is 2.00. The highest BCUT2D eigenvalue weighted by molar-refractivity contribution is 5.93. The van der Waals surface area contributed by atoms with Crippen molar-refractivity contribution < 1.29 is 14.8 Å². The molecule has 2 rings (SSSR count). The van der Waals surface area contributed by atoms with E-state index in [4.69, 9.17) is 0 Å². The first kappa shape index (κ1) is 13.5. The minimum Gasteiger partial charge on any atom is -0.391 e. The normalized spacial score (nSPS) is 23.6. The molecule has 1 aromatic heterocycles. The summed E-state index contributed by atoms with van der Waals surface area (Å²) in [5, 5.41) is 23.2. The third-order valence-corrected chi connectivity index (χ3v) is 3.42. The molecule has 2 unspecified atom stereocenters. The van der Waals surface area contributed by atoms with E-state index in [1.165, 1.54) is 12.3 Å². The van der Waals surface area contributed by atoms with Gasteiger partial charge in [0.05, 0.1) is 23.3 Å². The molecule has 1 aliphatic rings. The average Bonchev–Trinajstić information content (AvgIpc) is 2.78. The third-order valence-electron chi connectivity index (χ3n) is 3.42. The zero-order valence-electron chi connectivity index (χ0n) is 10.5. The summed E-state index contributed by atoms with van der Waals surface area (Å²) in [6.45, 7) is 0. The van der Waals surface area contributed by atoms with E-state index in [0.717, 1.165) is 25.7 Å². The van der Waals surface area contributed by atoms with Crippen LogP contribution in [0.5, 0.6) is 0 Å². The zero-order valence-corrected chi connectivity index (χ0v) is 10.5. The van der Waals surface area contributed by atoms with Gasteiger partial charge >= 0.3 is 0 Å². The van der Waals surface area contributed by atoms with Gasteiger partial charge in [0.2, 0.25) is 0 Å². The highest BCUT2D eigenvalue weighted by Gasteiger charge is 2.24. The summed E-state index contributed by atoms with van der Waals surface area (Å²) in [6, 6.07) is 0.913. The Labute approximate surface area is 110 Å². The molecule has 19 heavy (non-hydrogen) atoms. The van der Waals surface area contributed by atoms with Gasteiger partial charge in [-0.2, -0.15) is 0 Å². The molecule has 3 N–H and O–H groups in total. The van der Waals surface area contributed by atoms with Gasteiger partial charge in [-0.3, -0.25) is 14.9 Å². The summed E-state index contributed by atoms with van der Waals surface area (Å²) in [7, 11) is 0. The molecule has 0 aliphatic heterocycles. The number of nitrogens with one attached hydrogen (secondary N) is 2. The van der Waals surface area contributed by atoms with Crippen LogP contribution in [0.15, 0.2) is 12.3 Å². The summed E-state index contributed by atoms with van der Waals surface area (Å²) < 4.78 is 0. The number of hydrogen-bond donors (Lipinski definition) is 3. The van der Waals surface area contributed by atoms with Crippen molar-refractivity contribution in [1.29, 1.82) is 0 Å². The molecule has 1 aliphatic carbocycles. The molecule has 0 spiro atoms. The van der Waals surface area contributed by atoms with E-state index in [1.807, 2.05) is 0 Å². The monoisotopic (exact) mass is 267 g/mol. The molecular formula is C12H17N3O4. The molecule has 1 aromatic rings. The second-order valence-electron chi connectivity index (χ2n) is 4.81. The first-order valence-corrected chi connectivity index (χ1v) is 6.39. The summed E-state index contributed by atoms with van der Waals surface area (Å²) >= 11 is 0. The Hall–Kier alpha value is -1.89. The molecule has 1 heterocycles. The average molecular weight is 267 g/mol. The largest absolute Gasteiger partial charge is 0.391 e. The molecular weight excluding hydrogens is 250 g/mol. The van der Waals surface area contributed by atoms with Crippen LogP contribution in [0, 0.1) is 10.1 Å². The Bertz CT molecular complexity index is 471. The SMILES string of the molecule is O=C(NC1CCCCCC1O)c1cc([N+](=O)[O-])c[nH]1. The summed E-state index contributed by atoms with van der Waals surface area (Å²) in [5.41, 5.74) is -0.00490. The number of rotatable bonds is 3. The van der Waals surface area contributed by atoms with Crippen LogP contribution in [0.3, 0.4) is 0 Å². The van der Waals surface area contributed by atoms with Gasteiger partial charge in [0.25, 0.3) is 11.6 Å². The van der Waals surface area contributed by atoms with E-state index in [-0.39, 0.29) is 17.4 Å². The predicted molar refractivity (Wildman–Crippen MR) is 67.8 cm³/mol. The van der Waals surface area contributed by atoms with Crippen molar-refractivity contribution in [2.45, 2.75) is 44.2 Å². The van der Waals surface area contributed by atoms with Gasteiger partial charge in [-0.15, -0.1) is 0 Å². The van der Waals surface area contributed by atoms with Gasteiger partial charge in [0.15, 0.2) is 0 Å². The summed E-state index contributed by atoms with van der Waals surface area (Å²) in [4.78, 5) is 24.5. The maximum atomic E-state index is 11.9. The number of carbonyl (C=O) groups is 1. The Morgan fingerprint density at radius 1 is 1.42 bits per heavy atom. The molecule has 7 nitrogen and oxygen atoms in total. The fourth-order valence-electron chi connectivity index (χ4n) is 2.32. The van der Waals surface area contributed by atoms with Gasteiger partial charge in [-0.05, 0) is 12.8 Å². The topological polar surface area (TPSA) is 108 Å². The highest BCUT2D eigenvalue weighted by Crippen LogP contribution is 2.19. The standard InChI is InChI=1S/C12H17N3O4/c16-11-5-3-1-2-4-9(11)14-12(17)10-6-8(7-13-10)15(18)19/h6-7,9,11,13,16H,1-5H2,(H,14,17). The summed E-state index contributed by atoms with van der Waals surface area (Å²) in [6.07, 6.45) is 5.02. The number of H-pyrrole nitrogens is 1. The zero-order chi connectivity index (χ0) is 13.8. The van der Waals surface area contributed by atoms with Crippen LogP contribution in [0.2, 0.25) is 0 Å². The van der Waals surface area contributed by atoms with Crippen LogP contribution in [0.25, 0.3) is 0 Å². The van der Waals surface area contributed by atoms with Gasteiger partial charge in [-0.25, -0.2) is 0 Å². The van der Waals surface area contributed by atoms with Gasteiger partial charge in [0, 0.05) is 6.07 Å². The number of hydrogen-bond acceptors (Lipinski definition) is 4. The Morgan fingerprint density at radius 3 is 2.84 bits per heavy atom. The highest BCUT2D eigenvalue weighted by atomic mass is 16.6. The van der Waals surface area contributed by atoms with Crippen molar-refractivity contribution in [2.24, 2.45) is 0 Å². The number of nitrogens with zero attached hydrogens (tertiary/aromatic N) is 1. The van der Waals surface area contributed by atoms with Crippen molar-refractivity contribution >= 4 is 11.6 Å². The molecule has 0 bridgehead atoms. The quantitative estimate of drug-likeness (QED) is 0.436. The lowest BCUT2D eigenvalue weighted by Crippen LogP contribution is -2.42. The van der Waals surface area contributed by atoms with Crippen molar-refractivity contribution in [3.05, 3.63) is 28.1 Å². The van der Waals surface area contributed by atoms with Crippen molar-refractivity contribution in [3.8, 4) is 0 Å². The molecule has 2 atom stereocenters. The van der Waals surface area contributed by atoms with Crippen molar-refractivity contribution in [3.63, 3.8) is 0 Å². The maximum Gasteiger partial charge on any atom is 0.287 e. The number of nitro groups is 1. The molecule has 0 saturated heterocycles. The number of aromatic nitrogens is 1. The van der Waals surface area contributed by atoms with E-state index >= 15 is 0 Å². The fraction of sp³-hybridized carbons (Fsp3) is 0.583. The minimum atomic E-state index is -0.562. The molecule has 1 fully saturated rings. The molecule has 1 saturated carbocycles. The lowest BCUT2D eigenvalue weighted by Gasteiger charge is -2.21. The Kier molecular flexibility index (Phi) is 4.16. The van der Waals surface area contributed by atoms with E-state index < -0.39 is 16.9 Å². The van der Waals surface area contributed by atoms with E-state index in [1.54, 1.807) is 0 Å². The number of aliphatic hydroxyl groups is 1. The lowest BCUT2D eigenvalue weighted by molar-refractivity contribution is -0.384. The number of carbonyl (C=O) groups excluding carboxylic acids is 1. The first-order valence-electron chi connectivity index (χ1n) is 6.39. The lowest BCUT2D eigenvalue weighted by atomic mass is 10.1. The second-order valence-corrected chi connectivity index (χ2v) is 4.81. The minimum absolute atomic E-state index is 0.142. The molecule has 0 aromatic carbocycles. The van der Waals surface area contributed by atoms with Crippen molar-refractivity contribution in [2.75, 3.05) is 0 Å². The van der Waals surface area contributed by atoms with Crippen LogP contribution in [0.4, 0.5) is 5.69 Å². The molecule has 1 amide bonds. The fourth-order valence-corrected chi connectivity index (χ4v) is 2.32. The predicted octanol–water partition coefficient (Wildman–Crippen LogP) is 1.35. The van der Waals surface area contributed by atoms with Crippen molar-refractivity contribution in [1.82, 2.24) is 10.3 Å². The molecule has 0 radical (unpaired) electrons. The van der Waals surface area contributed by atoms with E-state index in [0.29, 0.717) is 6.42 Å². The van der Waals surface area contributed by atoms with Crippen LogP contribution < -0.4 is 5.32 Å². The molecule has 7 heteroatoms. The smallest absolute Gasteiger partial charge is 0.287 e. The molecule has 104 valence electrons. The van der Waals surface area contributed by atoms with E-state index in [9.17, 15) is 20.0 Å². The van der Waals surface area contributed by atoms with Crippen LogP contribution in [-0.4, -0.2) is 33.1 Å². The van der Waals surface area contributed by atoms with E-state index in [2.05, 4.69) is 10.3 Å². The number of aromatic amines is 1. The van der Waals surface area contributed by atoms with Gasteiger partial charge < -0.3 is 15.4 Å². The van der Waals surface area contributed by atoms with Gasteiger partial charge in [0.1, 0.15) is 5.69 Å².